The van der Waals surface area contributed by atoms with Crippen LogP contribution in [0.3, 0.4) is 0 Å². The molecule has 2 aromatic rings. The minimum absolute atomic E-state index is 0.0666. The Kier molecular flexibility index (Phi) is 7.81. The summed E-state index contributed by atoms with van der Waals surface area (Å²) in [5.74, 6) is -2.04. The summed E-state index contributed by atoms with van der Waals surface area (Å²) in [5.41, 5.74) is 6.31. The van der Waals surface area contributed by atoms with Gasteiger partial charge in [0.1, 0.15) is 24.3 Å². The number of nitrogens with two attached hydrogens (primary N) is 1. The molecule has 0 unspecified atom stereocenters. The van der Waals surface area contributed by atoms with Gasteiger partial charge in [-0.15, -0.1) is 0 Å². The van der Waals surface area contributed by atoms with Gasteiger partial charge in [0.25, 0.3) is 10.1 Å². The van der Waals surface area contributed by atoms with E-state index in [2.05, 4.69) is 4.74 Å². The van der Waals surface area contributed by atoms with Crippen molar-refractivity contribution in [3.8, 4) is 0 Å². The third-order valence-electron chi connectivity index (χ3n) is 3.08. The van der Waals surface area contributed by atoms with E-state index in [0.717, 1.165) is 17.7 Å². The van der Waals surface area contributed by atoms with Crippen molar-refractivity contribution in [3.05, 3.63) is 65.2 Å². The fourth-order valence-electron chi connectivity index (χ4n) is 1.63. The van der Waals surface area contributed by atoms with Gasteiger partial charge in [-0.1, -0.05) is 17.7 Å². The highest BCUT2D eigenvalue weighted by Gasteiger charge is 2.11. The number of aryl methyl sites for hydroxylation is 1. The van der Waals surface area contributed by atoms with Crippen LogP contribution in [0.1, 0.15) is 18.1 Å². The number of carbonyl (C=O) groups is 1. The molecule has 0 aliphatic rings. The number of rotatable bonds is 4. The molecule has 0 amide bonds. The minimum Gasteiger partial charge on any atom is -0.460 e. The van der Waals surface area contributed by atoms with Gasteiger partial charge in [0, 0.05) is 11.6 Å². The largest absolute Gasteiger partial charge is 0.460 e. The zero-order valence-corrected chi connectivity index (χ0v) is 15.0. The summed E-state index contributed by atoms with van der Waals surface area (Å²) in [4.78, 5) is 10.9. The zero-order chi connectivity index (χ0) is 19.9. The second-order valence-corrected chi connectivity index (χ2v) is 6.84. The Labute approximate surface area is 150 Å². The van der Waals surface area contributed by atoms with E-state index in [-0.39, 0.29) is 17.1 Å². The maximum absolute atomic E-state index is 13.0. The smallest absolute Gasteiger partial charge is 0.322 e. The van der Waals surface area contributed by atoms with Crippen LogP contribution in [0.2, 0.25) is 0 Å². The number of halogens is 2. The SMILES string of the molecule is C[C@H](N)C(=O)OCc1ccc(F)cc1F.Cc1ccc(S(=O)(=O)O)cc1. The molecule has 0 radical (unpaired) electrons. The standard InChI is InChI=1S/C10H11F2NO2.C7H8O3S/c1-6(13)10(14)15-5-7-2-3-8(11)4-9(7)12;1-6-2-4-7(5-3-6)11(8,9)10/h2-4,6H,5,13H2,1H3;2-5H,1H3,(H,8,9,10)/t6-;/m0./s1. The number of esters is 1. The Morgan fingerprint density at radius 2 is 1.77 bits per heavy atom. The van der Waals surface area contributed by atoms with Crippen LogP contribution in [0.4, 0.5) is 8.78 Å². The fourth-order valence-corrected chi connectivity index (χ4v) is 2.11. The molecule has 9 heteroatoms. The average molecular weight is 387 g/mol. The molecule has 0 fully saturated rings. The van der Waals surface area contributed by atoms with Gasteiger partial charge in [0.2, 0.25) is 0 Å². The van der Waals surface area contributed by atoms with E-state index in [0.29, 0.717) is 0 Å². The van der Waals surface area contributed by atoms with E-state index in [9.17, 15) is 22.0 Å². The van der Waals surface area contributed by atoms with Gasteiger partial charge in [0.05, 0.1) is 4.90 Å². The zero-order valence-electron chi connectivity index (χ0n) is 14.1. The van der Waals surface area contributed by atoms with Crippen molar-refractivity contribution >= 4 is 16.1 Å². The van der Waals surface area contributed by atoms with Gasteiger partial charge in [0.15, 0.2) is 0 Å². The van der Waals surface area contributed by atoms with E-state index in [4.69, 9.17) is 10.3 Å². The number of hydrogen-bond donors (Lipinski definition) is 2. The first-order valence-corrected chi connectivity index (χ1v) is 8.85. The van der Waals surface area contributed by atoms with Crippen LogP contribution >= 0.6 is 0 Å². The summed E-state index contributed by atoms with van der Waals surface area (Å²) in [6.07, 6.45) is 0. The van der Waals surface area contributed by atoms with E-state index in [1.165, 1.54) is 25.1 Å². The Morgan fingerprint density at radius 3 is 2.23 bits per heavy atom. The van der Waals surface area contributed by atoms with Crippen molar-refractivity contribution in [3.63, 3.8) is 0 Å². The molecule has 0 aromatic heterocycles. The molecule has 2 aromatic carbocycles. The van der Waals surface area contributed by atoms with Crippen molar-refractivity contribution in [2.75, 3.05) is 0 Å². The molecule has 1 atom stereocenters. The normalized spacial score (nSPS) is 11.9. The maximum atomic E-state index is 13.0. The summed E-state index contributed by atoms with van der Waals surface area (Å²) >= 11 is 0. The van der Waals surface area contributed by atoms with Crippen molar-refractivity contribution < 1.29 is 31.3 Å². The molecule has 0 saturated heterocycles. The van der Waals surface area contributed by atoms with Gasteiger partial charge in [-0.25, -0.2) is 8.78 Å². The second kappa shape index (κ2) is 9.37. The van der Waals surface area contributed by atoms with Crippen molar-refractivity contribution in [2.45, 2.75) is 31.4 Å². The van der Waals surface area contributed by atoms with Gasteiger partial charge >= 0.3 is 5.97 Å². The summed E-state index contributed by atoms with van der Waals surface area (Å²) in [5, 5.41) is 0. The fraction of sp³-hybridized carbons (Fsp3) is 0.235. The topological polar surface area (TPSA) is 107 Å². The lowest BCUT2D eigenvalue weighted by atomic mass is 10.2. The Bertz CT molecular complexity index is 852. The number of ether oxygens (including phenoxy) is 1. The third-order valence-corrected chi connectivity index (χ3v) is 3.94. The Balaban J connectivity index is 0.000000273. The monoisotopic (exact) mass is 387 g/mol. The predicted octanol–water partition coefficient (Wildman–Crippen LogP) is 2.60. The van der Waals surface area contributed by atoms with E-state index < -0.39 is 33.8 Å². The van der Waals surface area contributed by atoms with Crippen LogP contribution in [0, 0.1) is 18.6 Å². The molecule has 0 heterocycles. The van der Waals surface area contributed by atoms with Crippen molar-refractivity contribution in [1.29, 1.82) is 0 Å². The lowest BCUT2D eigenvalue weighted by Crippen LogP contribution is -2.28. The number of carbonyl (C=O) groups excluding carboxylic acids is 1. The van der Waals surface area contributed by atoms with Crippen molar-refractivity contribution in [1.82, 2.24) is 0 Å². The molecule has 0 aliphatic carbocycles. The van der Waals surface area contributed by atoms with Crippen LogP contribution in [0.25, 0.3) is 0 Å². The summed E-state index contributed by atoms with van der Waals surface area (Å²) in [7, 11) is -4.02. The van der Waals surface area contributed by atoms with Crippen LogP contribution in [0.5, 0.6) is 0 Å². The second-order valence-electron chi connectivity index (χ2n) is 5.42. The Morgan fingerprint density at radius 1 is 1.19 bits per heavy atom. The molecular weight excluding hydrogens is 368 g/mol. The summed E-state index contributed by atoms with van der Waals surface area (Å²) in [6.45, 7) is 3.06. The first-order chi connectivity index (χ1) is 12.0. The molecule has 0 bridgehead atoms. The minimum atomic E-state index is -4.02. The van der Waals surface area contributed by atoms with E-state index in [1.54, 1.807) is 12.1 Å². The Hall–Kier alpha value is -2.36. The molecule has 3 N–H and O–H groups in total. The van der Waals surface area contributed by atoms with Crippen LogP contribution in [0.15, 0.2) is 47.4 Å². The quantitative estimate of drug-likeness (QED) is 0.617. The molecule has 0 aliphatic heterocycles. The molecule has 0 spiro atoms. The molecule has 142 valence electrons. The van der Waals surface area contributed by atoms with Crippen LogP contribution in [-0.4, -0.2) is 25.0 Å². The number of benzene rings is 2. The molecule has 2 rings (SSSR count). The van der Waals surface area contributed by atoms with Gasteiger partial charge in [-0.2, -0.15) is 8.42 Å². The van der Waals surface area contributed by atoms with Gasteiger partial charge in [-0.3, -0.25) is 9.35 Å². The maximum Gasteiger partial charge on any atom is 0.322 e. The first-order valence-electron chi connectivity index (χ1n) is 7.41. The van der Waals surface area contributed by atoms with E-state index in [1.807, 2.05) is 6.92 Å². The van der Waals surface area contributed by atoms with E-state index >= 15 is 0 Å². The third kappa shape index (κ3) is 7.26. The molecule has 6 nitrogen and oxygen atoms in total. The summed E-state index contributed by atoms with van der Waals surface area (Å²) < 4.78 is 59.8. The molecule has 0 saturated carbocycles. The highest BCUT2D eigenvalue weighted by molar-refractivity contribution is 7.85. The molecular formula is C17H19F2NO5S. The average Bonchev–Trinajstić information content (AvgIpc) is 2.53. The van der Waals surface area contributed by atoms with Crippen molar-refractivity contribution in [2.24, 2.45) is 5.73 Å². The van der Waals surface area contributed by atoms with Gasteiger partial charge < -0.3 is 10.5 Å². The molecule has 26 heavy (non-hydrogen) atoms. The summed E-state index contributed by atoms with van der Waals surface area (Å²) in [6, 6.07) is 8.28. The first kappa shape index (κ1) is 21.7. The lowest BCUT2D eigenvalue weighted by Gasteiger charge is -2.07. The highest BCUT2D eigenvalue weighted by Crippen LogP contribution is 2.11. The highest BCUT2D eigenvalue weighted by atomic mass is 32.2. The van der Waals surface area contributed by atoms with Crippen LogP contribution < -0.4 is 5.73 Å². The predicted molar refractivity (Wildman–Crippen MR) is 90.8 cm³/mol. The van der Waals surface area contributed by atoms with Gasteiger partial charge in [-0.05, 0) is 38.1 Å². The lowest BCUT2D eigenvalue weighted by molar-refractivity contribution is -0.146. The van der Waals surface area contributed by atoms with Crippen LogP contribution in [-0.2, 0) is 26.3 Å². The number of hydrogen-bond acceptors (Lipinski definition) is 5.